The molecule has 10 heteroatoms. The van der Waals surface area contributed by atoms with E-state index in [1.165, 1.54) is 28.4 Å². The Bertz CT molecular complexity index is 1040. The van der Waals surface area contributed by atoms with Gasteiger partial charge in [0.15, 0.2) is 10.9 Å². The fraction of sp³-hybridized carbons (Fsp3) is 0.368. The highest BCUT2D eigenvalue weighted by atomic mass is 32.1. The lowest BCUT2D eigenvalue weighted by Crippen LogP contribution is -2.33. The number of benzene rings is 1. The molecule has 0 fully saturated rings. The Hall–Kier alpha value is -2.98. The molecule has 0 saturated carbocycles. The first-order valence-corrected chi connectivity index (χ1v) is 9.78. The highest BCUT2D eigenvalue weighted by molar-refractivity contribution is 7.22. The molecule has 0 radical (unpaired) electrons. The summed E-state index contributed by atoms with van der Waals surface area (Å²) in [5, 5.41) is 11.4. The van der Waals surface area contributed by atoms with E-state index in [2.05, 4.69) is 4.98 Å². The third kappa shape index (κ3) is 4.38. The molecule has 0 aliphatic heterocycles. The van der Waals surface area contributed by atoms with Gasteiger partial charge in [-0.3, -0.25) is 19.8 Å². The van der Waals surface area contributed by atoms with Crippen molar-refractivity contribution in [2.45, 2.75) is 13.3 Å². The van der Waals surface area contributed by atoms with Crippen LogP contribution in [0.5, 0.6) is 5.75 Å². The molecule has 3 rings (SSSR count). The van der Waals surface area contributed by atoms with Gasteiger partial charge in [-0.25, -0.2) is 4.98 Å². The molecule has 2 aromatic heterocycles. The van der Waals surface area contributed by atoms with Gasteiger partial charge in [-0.15, -0.1) is 0 Å². The van der Waals surface area contributed by atoms with E-state index in [9.17, 15) is 14.9 Å². The standard InChI is InChI=1S/C19H22N4O5S/c1-12-6-7-13(27-4)16-17(12)29-19(20-16)22(11-5-10-21(2)3)18(24)14-8-9-15(28-14)23(25)26/h6-9H,5,10-11H2,1-4H3. The van der Waals surface area contributed by atoms with Crippen LogP contribution in [0.1, 0.15) is 22.5 Å². The number of anilines is 1. The average Bonchev–Trinajstić information content (AvgIpc) is 3.33. The zero-order valence-electron chi connectivity index (χ0n) is 16.7. The van der Waals surface area contributed by atoms with E-state index in [-0.39, 0.29) is 5.76 Å². The SMILES string of the molecule is COc1ccc(C)c2sc(N(CCCN(C)C)C(=O)c3ccc([N+](=O)[O-])o3)nc12. The number of ether oxygens (including phenoxy) is 1. The van der Waals surface area contributed by atoms with Gasteiger partial charge in [0.2, 0.25) is 0 Å². The van der Waals surface area contributed by atoms with Gasteiger partial charge in [-0.1, -0.05) is 17.4 Å². The van der Waals surface area contributed by atoms with Gasteiger partial charge in [-0.2, -0.15) is 0 Å². The van der Waals surface area contributed by atoms with Gasteiger partial charge in [-0.05, 0) is 51.7 Å². The Balaban J connectivity index is 2.00. The van der Waals surface area contributed by atoms with Crippen LogP contribution >= 0.6 is 11.3 Å². The molecule has 0 unspecified atom stereocenters. The summed E-state index contributed by atoms with van der Waals surface area (Å²) in [5.74, 6) is -0.400. The number of aromatic nitrogens is 1. The number of aryl methyl sites for hydroxylation is 1. The van der Waals surface area contributed by atoms with Crippen LogP contribution in [0.15, 0.2) is 28.7 Å². The van der Waals surface area contributed by atoms with Crippen molar-refractivity contribution in [3.8, 4) is 5.75 Å². The van der Waals surface area contributed by atoms with E-state index in [4.69, 9.17) is 9.15 Å². The Morgan fingerprint density at radius 3 is 2.66 bits per heavy atom. The number of hydrogen-bond donors (Lipinski definition) is 0. The van der Waals surface area contributed by atoms with Crippen molar-refractivity contribution in [2.75, 3.05) is 39.2 Å². The van der Waals surface area contributed by atoms with Crippen LogP contribution in [-0.2, 0) is 0 Å². The molecule has 0 N–H and O–H groups in total. The van der Waals surface area contributed by atoms with Crippen LogP contribution in [-0.4, -0.2) is 55.0 Å². The summed E-state index contributed by atoms with van der Waals surface area (Å²) in [5.41, 5.74) is 1.71. The van der Waals surface area contributed by atoms with Crippen molar-refractivity contribution in [2.24, 2.45) is 0 Å². The molecule has 0 aliphatic carbocycles. The van der Waals surface area contributed by atoms with Crippen molar-refractivity contribution in [3.63, 3.8) is 0 Å². The van der Waals surface area contributed by atoms with Gasteiger partial charge in [0.1, 0.15) is 16.2 Å². The number of methoxy groups -OCH3 is 1. The number of rotatable bonds is 8. The fourth-order valence-corrected chi connectivity index (χ4v) is 3.96. The zero-order chi connectivity index (χ0) is 21.1. The largest absolute Gasteiger partial charge is 0.494 e. The van der Waals surface area contributed by atoms with Gasteiger partial charge < -0.3 is 14.1 Å². The first-order chi connectivity index (χ1) is 13.8. The summed E-state index contributed by atoms with van der Waals surface area (Å²) in [6.45, 7) is 3.14. The third-order valence-corrected chi connectivity index (χ3v) is 5.57. The molecule has 9 nitrogen and oxygen atoms in total. The number of amides is 1. The lowest BCUT2D eigenvalue weighted by Gasteiger charge is -2.19. The minimum absolute atomic E-state index is 0.0931. The van der Waals surface area contributed by atoms with Crippen molar-refractivity contribution >= 4 is 38.5 Å². The summed E-state index contributed by atoms with van der Waals surface area (Å²) in [7, 11) is 5.48. The maximum Gasteiger partial charge on any atom is 0.433 e. The molecular weight excluding hydrogens is 396 g/mol. The van der Waals surface area contributed by atoms with Crippen LogP contribution < -0.4 is 9.64 Å². The molecule has 1 amide bonds. The average molecular weight is 418 g/mol. The number of furan rings is 1. The van der Waals surface area contributed by atoms with E-state index in [0.717, 1.165) is 16.8 Å². The summed E-state index contributed by atoms with van der Waals surface area (Å²) >= 11 is 1.38. The molecule has 0 bridgehead atoms. The Morgan fingerprint density at radius 1 is 1.28 bits per heavy atom. The quantitative estimate of drug-likeness (QED) is 0.406. The van der Waals surface area contributed by atoms with Gasteiger partial charge in [0, 0.05) is 6.54 Å². The minimum atomic E-state index is -0.668. The minimum Gasteiger partial charge on any atom is -0.494 e. The van der Waals surface area contributed by atoms with Crippen molar-refractivity contribution in [1.29, 1.82) is 0 Å². The molecule has 154 valence electrons. The van der Waals surface area contributed by atoms with Crippen LogP contribution in [0.4, 0.5) is 11.0 Å². The Morgan fingerprint density at radius 2 is 2.03 bits per heavy atom. The monoisotopic (exact) mass is 418 g/mol. The molecule has 3 aromatic rings. The molecular formula is C19H22N4O5S. The zero-order valence-corrected chi connectivity index (χ0v) is 17.5. The van der Waals surface area contributed by atoms with E-state index in [1.54, 1.807) is 7.11 Å². The number of thiazole rings is 1. The molecule has 0 atom stereocenters. The predicted molar refractivity (Wildman–Crippen MR) is 111 cm³/mol. The molecule has 2 heterocycles. The second-order valence-electron chi connectivity index (χ2n) is 6.77. The van der Waals surface area contributed by atoms with Crippen molar-refractivity contribution in [3.05, 3.63) is 45.7 Å². The second-order valence-corrected chi connectivity index (χ2v) is 7.75. The molecule has 1 aromatic carbocycles. The summed E-state index contributed by atoms with van der Waals surface area (Å²) < 4.78 is 11.5. The number of carbonyl (C=O) groups is 1. The van der Waals surface area contributed by atoms with Gasteiger partial charge in [0.05, 0.1) is 17.9 Å². The second kappa shape index (κ2) is 8.58. The van der Waals surface area contributed by atoms with E-state index >= 15 is 0 Å². The lowest BCUT2D eigenvalue weighted by atomic mass is 10.2. The Labute approximate surface area is 171 Å². The first-order valence-electron chi connectivity index (χ1n) is 8.96. The lowest BCUT2D eigenvalue weighted by molar-refractivity contribution is -0.402. The fourth-order valence-electron chi connectivity index (χ4n) is 2.88. The Kier molecular flexibility index (Phi) is 6.14. The maximum absolute atomic E-state index is 13.1. The number of nitrogens with zero attached hydrogens (tertiary/aromatic N) is 4. The van der Waals surface area contributed by atoms with Crippen LogP contribution in [0, 0.1) is 17.0 Å². The highest BCUT2D eigenvalue weighted by Crippen LogP contribution is 2.37. The summed E-state index contributed by atoms with van der Waals surface area (Å²) in [6.07, 6.45) is 0.702. The third-order valence-electron chi connectivity index (χ3n) is 4.36. The van der Waals surface area contributed by atoms with E-state index in [0.29, 0.717) is 29.4 Å². The number of fused-ring (bicyclic) bond motifs is 1. The summed E-state index contributed by atoms with van der Waals surface area (Å²) in [6, 6.07) is 6.28. The maximum atomic E-state index is 13.1. The first kappa shape index (κ1) is 20.7. The van der Waals surface area contributed by atoms with Crippen LogP contribution in [0.3, 0.4) is 0 Å². The number of hydrogen-bond acceptors (Lipinski definition) is 8. The topological polar surface area (TPSA) is 102 Å². The molecule has 0 aliphatic rings. The smallest absolute Gasteiger partial charge is 0.433 e. The van der Waals surface area contributed by atoms with Gasteiger partial charge >= 0.3 is 5.88 Å². The van der Waals surface area contributed by atoms with Crippen LogP contribution in [0.25, 0.3) is 10.2 Å². The van der Waals surface area contributed by atoms with E-state index < -0.39 is 16.7 Å². The van der Waals surface area contributed by atoms with Crippen LogP contribution in [0.2, 0.25) is 0 Å². The van der Waals surface area contributed by atoms with Crippen molar-refractivity contribution < 1.29 is 18.9 Å². The normalized spacial score (nSPS) is 11.2. The number of carbonyl (C=O) groups excluding carboxylic acids is 1. The number of nitro groups is 1. The predicted octanol–water partition coefficient (Wildman–Crippen LogP) is 3.71. The van der Waals surface area contributed by atoms with Crippen molar-refractivity contribution in [1.82, 2.24) is 9.88 Å². The molecule has 0 spiro atoms. The molecule has 0 saturated heterocycles. The summed E-state index contributed by atoms with van der Waals surface area (Å²) in [4.78, 5) is 31.5. The highest BCUT2D eigenvalue weighted by Gasteiger charge is 2.26. The van der Waals surface area contributed by atoms with Gasteiger partial charge in [0.25, 0.3) is 5.91 Å². The molecule has 29 heavy (non-hydrogen) atoms. The van der Waals surface area contributed by atoms with E-state index in [1.807, 2.05) is 38.1 Å².